The van der Waals surface area contributed by atoms with Crippen molar-refractivity contribution in [2.24, 2.45) is 0 Å². The number of carboxylic acids is 1. The largest absolute Gasteiger partial charge is 0.481 e. The van der Waals surface area contributed by atoms with E-state index in [9.17, 15) is 18.3 Å². The summed E-state index contributed by atoms with van der Waals surface area (Å²) in [5.41, 5.74) is 2.12. The zero-order chi connectivity index (χ0) is 19.9. The van der Waals surface area contributed by atoms with Crippen molar-refractivity contribution in [2.75, 3.05) is 10.8 Å². The Bertz CT molecular complexity index is 1160. The SMILES string of the molecule is CC(C(=O)O)c1ccc2c(c1)N(S(=O)(=O)c1cccc3ccccc13)CCC2. The normalized spacial score (nSPS) is 15.2. The predicted octanol–water partition coefficient (Wildman–Crippen LogP) is 4.17. The van der Waals surface area contributed by atoms with Gasteiger partial charge in [-0.05, 0) is 48.4 Å². The Kier molecular flexibility index (Phi) is 4.59. The number of hydrogen-bond donors (Lipinski definition) is 1. The summed E-state index contributed by atoms with van der Waals surface area (Å²) in [6.45, 7) is 1.99. The van der Waals surface area contributed by atoms with Crippen LogP contribution in [0.2, 0.25) is 0 Å². The van der Waals surface area contributed by atoms with Crippen molar-refractivity contribution >= 4 is 32.5 Å². The van der Waals surface area contributed by atoms with Gasteiger partial charge < -0.3 is 5.11 Å². The summed E-state index contributed by atoms with van der Waals surface area (Å²) in [7, 11) is -3.78. The van der Waals surface area contributed by atoms with E-state index < -0.39 is 21.9 Å². The Morgan fingerprint density at radius 3 is 2.61 bits per heavy atom. The molecule has 5 nitrogen and oxygen atoms in total. The zero-order valence-corrected chi connectivity index (χ0v) is 16.3. The van der Waals surface area contributed by atoms with Crippen molar-refractivity contribution in [3.05, 3.63) is 71.8 Å². The van der Waals surface area contributed by atoms with Gasteiger partial charge in [0.05, 0.1) is 16.5 Å². The topological polar surface area (TPSA) is 74.7 Å². The molecule has 144 valence electrons. The molecule has 3 aromatic carbocycles. The van der Waals surface area contributed by atoms with Gasteiger partial charge in [0.1, 0.15) is 0 Å². The monoisotopic (exact) mass is 395 g/mol. The average Bonchev–Trinajstić information content (AvgIpc) is 2.71. The molecule has 1 unspecified atom stereocenters. The minimum atomic E-state index is -3.78. The number of nitrogens with zero attached hydrogens (tertiary/aromatic N) is 1. The van der Waals surface area contributed by atoms with Crippen molar-refractivity contribution in [1.82, 2.24) is 0 Å². The standard InChI is InChI=1S/C22H21NO4S/c1-15(22(24)25)18-12-11-17-8-5-13-23(20(17)14-18)28(26,27)21-10-4-7-16-6-2-3-9-19(16)21/h2-4,6-7,9-12,14-15H,5,8,13H2,1H3,(H,24,25). The number of aryl methyl sites for hydroxylation is 1. The summed E-state index contributed by atoms with van der Waals surface area (Å²) < 4.78 is 28.6. The van der Waals surface area contributed by atoms with Gasteiger partial charge >= 0.3 is 5.97 Å². The fourth-order valence-corrected chi connectivity index (χ4v) is 5.51. The van der Waals surface area contributed by atoms with Crippen LogP contribution in [0.4, 0.5) is 5.69 Å². The molecule has 0 saturated heterocycles. The number of aliphatic carboxylic acids is 1. The molecule has 6 heteroatoms. The van der Waals surface area contributed by atoms with Gasteiger partial charge in [0.25, 0.3) is 10.0 Å². The molecule has 1 aliphatic heterocycles. The smallest absolute Gasteiger partial charge is 0.310 e. The van der Waals surface area contributed by atoms with Gasteiger partial charge in [0.2, 0.25) is 0 Å². The summed E-state index contributed by atoms with van der Waals surface area (Å²) in [4.78, 5) is 11.7. The Hall–Kier alpha value is -2.86. The van der Waals surface area contributed by atoms with Gasteiger partial charge in [0.15, 0.2) is 0 Å². The minimum absolute atomic E-state index is 0.273. The van der Waals surface area contributed by atoms with Crippen LogP contribution in [-0.4, -0.2) is 26.0 Å². The molecule has 1 atom stereocenters. The molecule has 1 N–H and O–H groups in total. The van der Waals surface area contributed by atoms with E-state index in [1.54, 1.807) is 31.2 Å². The summed E-state index contributed by atoms with van der Waals surface area (Å²) in [5, 5.41) is 10.9. The molecule has 3 aromatic rings. The van der Waals surface area contributed by atoms with Crippen LogP contribution in [0.15, 0.2) is 65.6 Å². The Balaban J connectivity index is 1.86. The molecule has 4 rings (SSSR count). The van der Waals surface area contributed by atoms with Gasteiger partial charge in [-0.25, -0.2) is 8.42 Å². The highest BCUT2D eigenvalue weighted by atomic mass is 32.2. The van der Waals surface area contributed by atoms with Crippen LogP contribution in [0.5, 0.6) is 0 Å². The number of sulfonamides is 1. The minimum Gasteiger partial charge on any atom is -0.481 e. The molecular formula is C22H21NO4S. The molecular weight excluding hydrogens is 374 g/mol. The maximum Gasteiger partial charge on any atom is 0.310 e. The molecule has 1 aliphatic rings. The molecule has 0 bridgehead atoms. The maximum absolute atomic E-state index is 13.6. The van der Waals surface area contributed by atoms with E-state index in [2.05, 4.69) is 0 Å². The second kappa shape index (κ2) is 6.95. The van der Waals surface area contributed by atoms with Crippen LogP contribution >= 0.6 is 0 Å². The van der Waals surface area contributed by atoms with Crippen molar-refractivity contribution in [2.45, 2.75) is 30.6 Å². The van der Waals surface area contributed by atoms with Crippen LogP contribution in [-0.2, 0) is 21.2 Å². The van der Waals surface area contributed by atoms with Gasteiger partial charge in [-0.3, -0.25) is 9.10 Å². The molecule has 1 heterocycles. The van der Waals surface area contributed by atoms with E-state index in [1.807, 2.05) is 36.4 Å². The molecule has 0 spiro atoms. The van der Waals surface area contributed by atoms with Crippen molar-refractivity contribution in [3.8, 4) is 0 Å². The molecule has 0 aromatic heterocycles. The van der Waals surface area contributed by atoms with E-state index >= 15 is 0 Å². The van der Waals surface area contributed by atoms with E-state index in [0.29, 0.717) is 23.2 Å². The Labute approximate surface area is 164 Å². The van der Waals surface area contributed by atoms with Gasteiger partial charge in [-0.2, -0.15) is 0 Å². The molecule has 0 saturated carbocycles. The lowest BCUT2D eigenvalue weighted by molar-refractivity contribution is -0.138. The number of anilines is 1. The quantitative estimate of drug-likeness (QED) is 0.719. The highest BCUT2D eigenvalue weighted by Crippen LogP contribution is 2.36. The van der Waals surface area contributed by atoms with E-state index in [-0.39, 0.29) is 4.90 Å². The summed E-state index contributed by atoms with van der Waals surface area (Å²) in [6.07, 6.45) is 1.50. The summed E-state index contributed by atoms with van der Waals surface area (Å²) >= 11 is 0. The second-order valence-corrected chi connectivity index (χ2v) is 8.94. The van der Waals surface area contributed by atoms with Crippen molar-refractivity contribution in [1.29, 1.82) is 0 Å². The Morgan fingerprint density at radius 1 is 1.07 bits per heavy atom. The Morgan fingerprint density at radius 2 is 1.82 bits per heavy atom. The fourth-order valence-electron chi connectivity index (χ4n) is 3.76. The van der Waals surface area contributed by atoms with Crippen molar-refractivity contribution < 1.29 is 18.3 Å². The van der Waals surface area contributed by atoms with Gasteiger partial charge in [-0.1, -0.05) is 48.5 Å². The maximum atomic E-state index is 13.6. The van der Waals surface area contributed by atoms with Crippen molar-refractivity contribution in [3.63, 3.8) is 0 Å². The lowest BCUT2D eigenvalue weighted by Crippen LogP contribution is -2.35. The van der Waals surface area contributed by atoms with E-state index in [0.717, 1.165) is 23.8 Å². The summed E-state index contributed by atoms with van der Waals surface area (Å²) in [5.74, 6) is -1.63. The van der Waals surface area contributed by atoms with Gasteiger partial charge in [0, 0.05) is 11.9 Å². The molecule has 0 aliphatic carbocycles. The van der Waals surface area contributed by atoms with Crippen LogP contribution in [0.3, 0.4) is 0 Å². The molecule has 28 heavy (non-hydrogen) atoms. The van der Waals surface area contributed by atoms with Gasteiger partial charge in [-0.15, -0.1) is 0 Å². The fraction of sp³-hybridized carbons (Fsp3) is 0.227. The number of benzene rings is 3. The first-order chi connectivity index (χ1) is 13.4. The number of carboxylic acid groups (broad SMARTS) is 1. The first kappa shape index (κ1) is 18.5. The molecule has 0 fully saturated rings. The van der Waals surface area contributed by atoms with Crippen LogP contribution in [0, 0.1) is 0 Å². The number of hydrogen-bond acceptors (Lipinski definition) is 3. The first-order valence-electron chi connectivity index (χ1n) is 9.26. The first-order valence-corrected chi connectivity index (χ1v) is 10.7. The highest BCUT2D eigenvalue weighted by molar-refractivity contribution is 7.93. The highest BCUT2D eigenvalue weighted by Gasteiger charge is 2.31. The lowest BCUT2D eigenvalue weighted by atomic mass is 9.95. The third-order valence-electron chi connectivity index (χ3n) is 5.37. The van der Waals surface area contributed by atoms with Crippen LogP contribution in [0.25, 0.3) is 10.8 Å². The molecule has 0 amide bonds. The predicted molar refractivity (Wildman–Crippen MR) is 109 cm³/mol. The molecule has 0 radical (unpaired) electrons. The van der Waals surface area contributed by atoms with Crippen LogP contribution in [0.1, 0.15) is 30.4 Å². The lowest BCUT2D eigenvalue weighted by Gasteiger charge is -2.31. The number of carbonyl (C=O) groups is 1. The number of fused-ring (bicyclic) bond motifs is 2. The third-order valence-corrected chi connectivity index (χ3v) is 7.24. The summed E-state index contributed by atoms with van der Waals surface area (Å²) in [6, 6.07) is 18.1. The van der Waals surface area contributed by atoms with E-state index in [4.69, 9.17) is 0 Å². The number of rotatable bonds is 4. The zero-order valence-electron chi connectivity index (χ0n) is 15.5. The third kappa shape index (κ3) is 3.03. The second-order valence-electron chi connectivity index (χ2n) is 7.11. The van der Waals surface area contributed by atoms with E-state index in [1.165, 1.54) is 4.31 Å². The average molecular weight is 395 g/mol. The van der Waals surface area contributed by atoms with Crippen LogP contribution < -0.4 is 4.31 Å².